The minimum absolute atomic E-state index is 0.00403. The van der Waals surface area contributed by atoms with Crippen molar-refractivity contribution in [2.24, 2.45) is 28.6 Å². The maximum Gasteiger partial charge on any atom is 0.148 e. The zero-order valence-electron chi connectivity index (χ0n) is 20.1. The molecule has 2 saturated heterocycles. The van der Waals surface area contributed by atoms with Crippen molar-refractivity contribution in [1.29, 1.82) is 0 Å². The number of aliphatic hydroxyl groups is 1. The maximum absolute atomic E-state index is 13.0. The van der Waals surface area contributed by atoms with Crippen molar-refractivity contribution in [3.8, 4) is 0 Å². The lowest BCUT2D eigenvalue weighted by molar-refractivity contribution is -0.320. The van der Waals surface area contributed by atoms with E-state index in [2.05, 4.69) is 18.7 Å². The molecule has 32 heavy (non-hydrogen) atoms. The molecule has 2 aliphatic heterocycles. The number of likely N-dealkylation sites (N-methyl/N-ethyl adjacent to an activating group) is 1. The standard InChI is InChI=1S/C25H39NO6/c1-6-26-12-21(2)8-7-17(29-4)25-15-9-14-16(28-3)10-22(18(15)19(14)30-5)23(20(25)26,32-13-31-22)11-24(21,25)27/h14-20,27H,6-13H2,1-5H3/t14-,15-,16-,17+,18-,19+,20-,21+,22-,23-,24+,25-/m1/s1. The Kier molecular flexibility index (Phi) is 4.01. The second-order valence-electron chi connectivity index (χ2n) is 12.2. The summed E-state index contributed by atoms with van der Waals surface area (Å²) in [5.41, 5.74) is -2.49. The van der Waals surface area contributed by atoms with Gasteiger partial charge in [-0.1, -0.05) is 13.8 Å². The molecule has 7 heteroatoms. The molecule has 0 radical (unpaired) electrons. The van der Waals surface area contributed by atoms with Gasteiger partial charge in [0, 0.05) is 63.4 Å². The predicted molar refractivity (Wildman–Crippen MR) is 115 cm³/mol. The molecule has 0 amide bonds. The number of hydrogen-bond donors (Lipinski definition) is 1. The molecule has 7 fully saturated rings. The molecule has 12 atom stereocenters. The fraction of sp³-hybridized carbons (Fsp3) is 1.00. The number of rotatable bonds is 4. The van der Waals surface area contributed by atoms with Gasteiger partial charge in [0.25, 0.3) is 0 Å². The first-order valence-electron chi connectivity index (χ1n) is 12.7. The van der Waals surface area contributed by atoms with Crippen LogP contribution in [0.4, 0.5) is 0 Å². The van der Waals surface area contributed by atoms with Crippen molar-refractivity contribution < 1.29 is 28.8 Å². The van der Waals surface area contributed by atoms with Crippen LogP contribution in [0.1, 0.15) is 46.0 Å². The highest BCUT2D eigenvalue weighted by molar-refractivity contribution is 5.44. The average Bonchev–Trinajstić information content (AvgIpc) is 3.34. The Balaban J connectivity index is 1.56. The molecule has 0 aromatic carbocycles. The predicted octanol–water partition coefficient (Wildman–Crippen LogP) is 1.81. The summed E-state index contributed by atoms with van der Waals surface area (Å²) in [6, 6.07) is 0.0823. The molecular weight excluding hydrogens is 410 g/mol. The summed E-state index contributed by atoms with van der Waals surface area (Å²) >= 11 is 0. The lowest BCUT2D eigenvalue weighted by Crippen LogP contribution is -2.83. The summed E-state index contributed by atoms with van der Waals surface area (Å²) in [6.45, 7) is 6.72. The summed E-state index contributed by atoms with van der Waals surface area (Å²) in [6.07, 6.45) is 4.56. The fourth-order valence-corrected chi connectivity index (χ4v) is 11.3. The van der Waals surface area contributed by atoms with Crippen LogP contribution >= 0.6 is 0 Å². The number of ether oxygens (including phenoxy) is 5. The van der Waals surface area contributed by atoms with Crippen LogP contribution < -0.4 is 0 Å². The first-order valence-corrected chi connectivity index (χ1v) is 12.7. The van der Waals surface area contributed by atoms with Gasteiger partial charge in [0.15, 0.2) is 0 Å². The van der Waals surface area contributed by atoms with E-state index in [0.717, 1.165) is 38.8 Å². The molecule has 5 aliphatic carbocycles. The quantitative estimate of drug-likeness (QED) is 0.702. The SMILES string of the molecule is CCN1C[C@]2(C)CC[C@H](OC)[C@@]34[C@@H]5C[C@H]6[C@H](OC)[C@@H]5[C@@]5(C[C@H]6OC)OCO[C@]5(C[C@]23O)[C@@H]14. The summed E-state index contributed by atoms with van der Waals surface area (Å²) in [5.74, 6) is 0.753. The monoisotopic (exact) mass is 449 g/mol. The third kappa shape index (κ3) is 1.74. The van der Waals surface area contributed by atoms with Crippen molar-refractivity contribution in [3.63, 3.8) is 0 Å². The van der Waals surface area contributed by atoms with Gasteiger partial charge in [-0.05, 0) is 31.7 Å². The lowest BCUT2D eigenvalue weighted by atomic mass is 9.41. The Bertz CT molecular complexity index is 841. The van der Waals surface area contributed by atoms with E-state index < -0.39 is 16.8 Å². The highest BCUT2D eigenvalue weighted by Gasteiger charge is 2.94. The molecule has 7 rings (SSSR count). The van der Waals surface area contributed by atoms with Crippen LogP contribution in [0.15, 0.2) is 0 Å². The number of likely N-dealkylation sites (tertiary alicyclic amines) is 1. The molecule has 180 valence electrons. The van der Waals surface area contributed by atoms with Crippen LogP contribution in [0.5, 0.6) is 0 Å². The van der Waals surface area contributed by atoms with Crippen molar-refractivity contribution >= 4 is 0 Å². The molecule has 0 aromatic heterocycles. The van der Waals surface area contributed by atoms with E-state index in [4.69, 9.17) is 23.7 Å². The van der Waals surface area contributed by atoms with Crippen LogP contribution in [0.25, 0.3) is 0 Å². The highest BCUT2D eigenvalue weighted by atomic mass is 16.7. The van der Waals surface area contributed by atoms with Crippen molar-refractivity contribution in [2.45, 2.75) is 87.1 Å². The Morgan fingerprint density at radius 2 is 1.88 bits per heavy atom. The minimum atomic E-state index is -0.847. The third-order valence-electron chi connectivity index (χ3n) is 12.0. The zero-order chi connectivity index (χ0) is 22.3. The van der Waals surface area contributed by atoms with Gasteiger partial charge >= 0.3 is 0 Å². The number of fused-ring (bicyclic) bond motifs is 1. The summed E-state index contributed by atoms with van der Waals surface area (Å²) in [4.78, 5) is 2.63. The second-order valence-corrected chi connectivity index (χ2v) is 12.2. The van der Waals surface area contributed by atoms with E-state index in [1.165, 1.54) is 0 Å². The van der Waals surface area contributed by atoms with Crippen LogP contribution in [0.3, 0.4) is 0 Å². The first-order chi connectivity index (χ1) is 15.3. The first kappa shape index (κ1) is 21.0. The Labute approximate surface area is 191 Å². The Morgan fingerprint density at radius 1 is 1.09 bits per heavy atom. The van der Waals surface area contributed by atoms with Crippen molar-refractivity contribution in [3.05, 3.63) is 0 Å². The molecule has 7 bridgehead atoms. The molecule has 7 aliphatic rings. The van der Waals surface area contributed by atoms with E-state index in [0.29, 0.717) is 12.3 Å². The van der Waals surface area contributed by atoms with E-state index in [1.54, 1.807) is 0 Å². The zero-order valence-corrected chi connectivity index (χ0v) is 20.1. The smallest absolute Gasteiger partial charge is 0.148 e. The van der Waals surface area contributed by atoms with Crippen LogP contribution in [0.2, 0.25) is 0 Å². The van der Waals surface area contributed by atoms with Crippen LogP contribution in [-0.4, -0.2) is 92.4 Å². The number of nitrogens with zero attached hydrogens (tertiary/aromatic N) is 1. The normalized spacial score (nSPS) is 64.1. The molecule has 7 nitrogen and oxygen atoms in total. The van der Waals surface area contributed by atoms with Gasteiger partial charge in [-0.3, -0.25) is 4.90 Å². The highest BCUT2D eigenvalue weighted by Crippen LogP contribution is 2.83. The average molecular weight is 450 g/mol. The Hall–Kier alpha value is -0.280. The molecule has 3 spiro atoms. The number of piperidine rings is 1. The van der Waals surface area contributed by atoms with Gasteiger partial charge in [-0.15, -0.1) is 0 Å². The van der Waals surface area contributed by atoms with E-state index in [-0.39, 0.29) is 53.8 Å². The number of hydrogen-bond acceptors (Lipinski definition) is 7. The fourth-order valence-electron chi connectivity index (χ4n) is 11.3. The molecule has 0 unspecified atom stereocenters. The van der Waals surface area contributed by atoms with Gasteiger partial charge in [0.1, 0.15) is 18.0 Å². The maximum atomic E-state index is 13.0. The van der Waals surface area contributed by atoms with Gasteiger partial charge in [-0.2, -0.15) is 0 Å². The molecule has 5 saturated carbocycles. The second kappa shape index (κ2) is 6.10. The van der Waals surface area contributed by atoms with Crippen molar-refractivity contribution in [1.82, 2.24) is 4.90 Å². The molecule has 0 aromatic rings. The van der Waals surface area contributed by atoms with Crippen molar-refractivity contribution in [2.75, 3.05) is 41.2 Å². The Morgan fingerprint density at radius 3 is 2.56 bits per heavy atom. The van der Waals surface area contributed by atoms with Gasteiger partial charge in [0.2, 0.25) is 0 Å². The molecular formula is C25H39NO6. The summed E-state index contributed by atoms with van der Waals surface area (Å²) in [7, 11) is 5.52. The topological polar surface area (TPSA) is 69.6 Å². The van der Waals surface area contributed by atoms with Gasteiger partial charge < -0.3 is 28.8 Å². The summed E-state index contributed by atoms with van der Waals surface area (Å²) < 4.78 is 32.3. The lowest BCUT2D eigenvalue weighted by Gasteiger charge is -2.72. The van der Waals surface area contributed by atoms with Crippen LogP contribution in [0, 0.1) is 28.6 Å². The largest absolute Gasteiger partial charge is 0.388 e. The minimum Gasteiger partial charge on any atom is -0.388 e. The van der Waals surface area contributed by atoms with Gasteiger partial charge in [-0.25, -0.2) is 0 Å². The number of methoxy groups -OCH3 is 3. The van der Waals surface area contributed by atoms with Crippen LogP contribution in [-0.2, 0) is 23.7 Å². The van der Waals surface area contributed by atoms with E-state index in [9.17, 15) is 5.11 Å². The van der Waals surface area contributed by atoms with E-state index in [1.807, 2.05) is 21.3 Å². The van der Waals surface area contributed by atoms with Gasteiger partial charge in [0.05, 0.1) is 30.0 Å². The third-order valence-corrected chi connectivity index (χ3v) is 12.0. The van der Waals surface area contributed by atoms with E-state index >= 15 is 0 Å². The summed E-state index contributed by atoms with van der Waals surface area (Å²) in [5, 5.41) is 13.0. The molecule has 1 N–H and O–H groups in total. The molecule has 2 heterocycles.